The minimum Gasteiger partial charge on any atom is -0.486 e. The van der Waals surface area contributed by atoms with Crippen molar-refractivity contribution < 1.29 is 23.4 Å². The molecule has 0 saturated carbocycles. The van der Waals surface area contributed by atoms with E-state index < -0.39 is 17.5 Å². The average molecular weight is 505 g/mol. The first kappa shape index (κ1) is 25.4. The summed E-state index contributed by atoms with van der Waals surface area (Å²) < 4.78 is 41.5. The Kier molecular flexibility index (Phi) is 7.25. The molecule has 0 bridgehead atoms. The quantitative estimate of drug-likeness (QED) is 0.618. The number of allylic oxidation sites excluding steroid dienone is 1. The number of alkyl halides is 1. The monoisotopic (exact) mass is 504 g/mol. The van der Waals surface area contributed by atoms with Gasteiger partial charge in [0, 0.05) is 57.5 Å². The van der Waals surface area contributed by atoms with Crippen LogP contribution >= 0.6 is 0 Å². The van der Waals surface area contributed by atoms with Gasteiger partial charge in [0.25, 0.3) is 6.02 Å². The van der Waals surface area contributed by atoms with E-state index in [4.69, 9.17) is 15.2 Å². The maximum absolute atomic E-state index is 15.9. The van der Waals surface area contributed by atoms with Crippen molar-refractivity contribution in [3.05, 3.63) is 35.7 Å². The van der Waals surface area contributed by atoms with Gasteiger partial charge in [-0.1, -0.05) is 19.4 Å². The lowest BCUT2D eigenvalue weighted by molar-refractivity contribution is -0.148. The Balaban J connectivity index is 1.19. The first-order valence-corrected chi connectivity index (χ1v) is 13.3. The third kappa shape index (κ3) is 5.24. The van der Waals surface area contributed by atoms with Crippen molar-refractivity contribution in [1.82, 2.24) is 9.80 Å². The SMILES string of the molecule is CCCC=C1CC2(CCN(C(O)C3(F)CCN(CC4COC(N)=N4)CC3)CC2)Oc2ccc(F)cc21. The number of hydrogen-bond acceptors (Lipinski definition) is 7. The number of nitrogens with zero attached hydrogens (tertiary/aromatic N) is 3. The van der Waals surface area contributed by atoms with Crippen LogP contribution in [0.2, 0.25) is 0 Å². The van der Waals surface area contributed by atoms with Crippen LogP contribution < -0.4 is 10.5 Å². The summed E-state index contributed by atoms with van der Waals surface area (Å²) in [4.78, 5) is 8.30. The molecule has 2 unspecified atom stereocenters. The van der Waals surface area contributed by atoms with E-state index in [0.717, 1.165) is 24.0 Å². The van der Waals surface area contributed by atoms with Crippen molar-refractivity contribution in [2.75, 3.05) is 39.3 Å². The number of amidine groups is 1. The van der Waals surface area contributed by atoms with E-state index >= 15 is 4.39 Å². The van der Waals surface area contributed by atoms with Crippen LogP contribution in [0.15, 0.2) is 29.3 Å². The van der Waals surface area contributed by atoms with Crippen molar-refractivity contribution >= 4 is 11.6 Å². The summed E-state index contributed by atoms with van der Waals surface area (Å²) in [6.07, 6.45) is 5.66. The highest BCUT2D eigenvalue weighted by atomic mass is 19.1. The molecular formula is C27H38F2N4O3. The highest BCUT2D eigenvalue weighted by Crippen LogP contribution is 2.46. The third-order valence-corrected chi connectivity index (χ3v) is 8.21. The summed E-state index contributed by atoms with van der Waals surface area (Å²) in [5, 5.41) is 11.1. The van der Waals surface area contributed by atoms with E-state index in [0.29, 0.717) is 64.3 Å². The van der Waals surface area contributed by atoms with Crippen LogP contribution in [0.5, 0.6) is 5.75 Å². The molecule has 4 aliphatic heterocycles. The Bertz CT molecular complexity index is 1000. The van der Waals surface area contributed by atoms with E-state index in [1.165, 1.54) is 6.07 Å². The Morgan fingerprint density at radius 2 is 1.97 bits per heavy atom. The molecule has 7 nitrogen and oxygen atoms in total. The van der Waals surface area contributed by atoms with Crippen molar-refractivity contribution in [3.63, 3.8) is 0 Å². The maximum atomic E-state index is 15.9. The molecule has 5 rings (SSSR count). The number of halogens is 2. The van der Waals surface area contributed by atoms with E-state index in [1.54, 1.807) is 12.1 Å². The van der Waals surface area contributed by atoms with Gasteiger partial charge in [-0.2, -0.15) is 0 Å². The van der Waals surface area contributed by atoms with Gasteiger partial charge in [0.2, 0.25) is 0 Å². The van der Waals surface area contributed by atoms with Crippen LogP contribution in [0.1, 0.15) is 57.4 Å². The molecule has 1 aromatic rings. The summed E-state index contributed by atoms with van der Waals surface area (Å²) in [5.41, 5.74) is 5.51. The van der Waals surface area contributed by atoms with Gasteiger partial charge in [0.05, 0.1) is 0 Å². The molecule has 2 fully saturated rings. The highest BCUT2D eigenvalue weighted by molar-refractivity contribution is 5.73. The number of nitrogens with two attached hydrogens (primary N) is 1. The Morgan fingerprint density at radius 3 is 2.64 bits per heavy atom. The summed E-state index contributed by atoms with van der Waals surface area (Å²) in [7, 11) is 0. The molecular weight excluding hydrogens is 466 g/mol. The second-order valence-electron chi connectivity index (χ2n) is 10.8. The highest BCUT2D eigenvalue weighted by Gasteiger charge is 2.48. The Labute approximate surface area is 211 Å². The first-order valence-electron chi connectivity index (χ1n) is 13.3. The smallest absolute Gasteiger partial charge is 0.282 e. The van der Waals surface area contributed by atoms with Crippen molar-refractivity contribution in [1.29, 1.82) is 0 Å². The molecule has 4 heterocycles. The summed E-state index contributed by atoms with van der Waals surface area (Å²) in [6, 6.07) is 4.93. The number of rotatable bonds is 6. The first-order chi connectivity index (χ1) is 17.3. The Morgan fingerprint density at radius 1 is 1.22 bits per heavy atom. The summed E-state index contributed by atoms with van der Waals surface area (Å²) >= 11 is 0. The van der Waals surface area contributed by atoms with Gasteiger partial charge in [-0.25, -0.2) is 13.8 Å². The number of ether oxygens (including phenoxy) is 2. The van der Waals surface area contributed by atoms with Crippen LogP contribution in [0, 0.1) is 5.82 Å². The number of aliphatic imine (C=N–C) groups is 1. The van der Waals surface area contributed by atoms with E-state index in [2.05, 4.69) is 22.9 Å². The van der Waals surface area contributed by atoms with Crippen LogP contribution in [0.4, 0.5) is 8.78 Å². The molecule has 9 heteroatoms. The fraction of sp³-hybridized carbons (Fsp3) is 0.667. The zero-order chi connectivity index (χ0) is 25.3. The molecule has 0 radical (unpaired) electrons. The lowest BCUT2D eigenvalue weighted by Crippen LogP contribution is -2.59. The number of hydrogen-bond donors (Lipinski definition) is 2. The molecule has 3 N–H and O–H groups in total. The van der Waals surface area contributed by atoms with Crippen molar-refractivity contribution in [2.24, 2.45) is 10.7 Å². The number of piperidine rings is 2. The van der Waals surface area contributed by atoms with Gasteiger partial charge in [-0.15, -0.1) is 0 Å². The molecule has 36 heavy (non-hydrogen) atoms. The van der Waals surface area contributed by atoms with Crippen LogP contribution in [-0.4, -0.2) is 83.8 Å². The lowest BCUT2D eigenvalue weighted by Gasteiger charge is -2.49. The van der Waals surface area contributed by atoms with E-state index in [-0.39, 0.29) is 30.7 Å². The lowest BCUT2D eigenvalue weighted by atomic mass is 9.79. The molecule has 4 aliphatic rings. The molecule has 0 aromatic heterocycles. The third-order valence-electron chi connectivity index (χ3n) is 8.21. The van der Waals surface area contributed by atoms with Crippen LogP contribution in [-0.2, 0) is 4.74 Å². The minimum atomic E-state index is -1.64. The number of unbranched alkanes of at least 4 members (excludes halogenated alkanes) is 1. The van der Waals surface area contributed by atoms with Crippen LogP contribution in [0.3, 0.4) is 0 Å². The second-order valence-corrected chi connectivity index (χ2v) is 10.8. The number of benzene rings is 1. The van der Waals surface area contributed by atoms with E-state index in [1.807, 2.05) is 4.90 Å². The van der Waals surface area contributed by atoms with Gasteiger partial charge in [-0.05, 0) is 43.0 Å². The Hall–Kier alpha value is -2.23. The van der Waals surface area contributed by atoms with Gasteiger partial charge in [-0.3, -0.25) is 4.90 Å². The standard InChI is InChI=1S/C27H38F2N4O3/c1-2-3-4-19-16-26(36-23-6-5-20(28)15-22(19)23)7-13-33(14-8-26)24(34)27(29)9-11-32(12-10-27)17-21-18-35-25(30)31-21/h4-6,15,21,24,34H,2-3,7-14,16-18H2,1H3,(H2,30,31). The van der Waals surface area contributed by atoms with Gasteiger partial charge in [0.1, 0.15) is 36.0 Å². The summed E-state index contributed by atoms with van der Waals surface area (Å²) in [6.45, 7) is 5.54. The number of aliphatic hydroxyl groups is 1. The fourth-order valence-electron chi connectivity index (χ4n) is 6.03. The molecule has 1 spiro atoms. The van der Waals surface area contributed by atoms with Crippen LogP contribution in [0.25, 0.3) is 5.57 Å². The molecule has 2 saturated heterocycles. The predicted octanol–water partition coefficient (Wildman–Crippen LogP) is 3.46. The number of likely N-dealkylation sites (tertiary alicyclic amines) is 2. The number of aliphatic hydroxyl groups excluding tert-OH is 1. The van der Waals surface area contributed by atoms with E-state index in [9.17, 15) is 9.50 Å². The fourth-order valence-corrected chi connectivity index (χ4v) is 6.03. The second kappa shape index (κ2) is 10.3. The average Bonchev–Trinajstić information content (AvgIpc) is 3.29. The zero-order valence-electron chi connectivity index (χ0n) is 21.1. The number of fused-ring (bicyclic) bond motifs is 1. The summed E-state index contributed by atoms with van der Waals surface area (Å²) in [5.74, 6) is 0.452. The molecule has 198 valence electrons. The topological polar surface area (TPSA) is 83.5 Å². The molecule has 0 amide bonds. The molecule has 1 aromatic carbocycles. The molecule has 0 aliphatic carbocycles. The minimum absolute atomic E-state index is 0.00583. The molecule has 2 atom stereocenters. The van der Waals surface area contributed by atoms with Gasteiger partial charge in [0.15, 0.2) is 5.67 Å². The maximum Gasteiger partial charge on any atom is 0.282 e. The van der Waals surface area contributed by atoms with Gasteiger partial charge < -0.3 is 25.2 Å². The van der Waals surface area contributed by atoms with Gasteiger partial charge >= 0.3 is 0 Å². The van der Waals surface area contributed by atoms with Crippen molar-refractivity contribution in [2.45, 2.75) is 75.4 Å². The predicted molar refractivity (Wildman–Crippen MR) is 135 cm³/mol. The van der Waals surface area contributed by atoms with Crippen molar-refractivity contribution in [3.8, 4) is 5.75 Å². The normalized spacial score (nSPS) is 27.8. The zero-order valence-corrected chi connectivity index (χ0v) is 21.1. The largest absolute Gasteiger partial charge is 0.486 e.